The molecule has 117 heavy (non-hydrogen) atoms. The van der Waals surface area contributed by atoms with Crippen LogP contribution in [0.5, 0.6) is 5.75 Å². The Morgan fingerprint density at radius 3 is 1.28 bits per heavy atom. The summed E-state index contributed by atoms with van der Waals surface area (Å²) < 4.78 is 25.2. The first-order valence-electron chi connectivity index (χ1n) is 38.8. The number of anilines is 3. The molecule has 3 aromatic carbocycles. The summed E-state index contributed by atoms with van der Waals surface area (Å²) >= 11 is 4.20. The molecule has 3 aliphatic rings. The number of methoxy groups -OCH3 is 1. The second-order valence-electron chi connectivity index (χ2n) is 29.8. The summed E-state index contributed by atoms with van der Waals surface area (Å²) in [4.78, 5) is 98.0. The number of aromatic nitrogens is 12. The van der Waals surface area contributed by atoms with Gasteiger partial charge in [0.15, 0.2) is 32.9 Å². The number of nitrogens with zero attached hydrogens (tertiary/aromatic N) is 15. The molecule has 34 heteroatoms. The van der Waals surface area contributed by atoms with Crippen molar-refractivity contribution in [1.29, 1.82) is 0 Å². The summed E-state index contributed by atoms with van der Waals surface area (Å²) in [5, 5.41) is 48.9. The molecule has 3 saturated heterocycles. The maximum atomic E-state index is 12.2. The molecule has 0 aliphatic carbocycles. The number of likely N-dealkylation sites (tertiary alicyclic amines) is 1. The highest BCUT2D eigenvalue weighted by atomic mass is 32.1. The number of carbonyl (C=O) groups is 3. The average Bonchev–Trinajstić information content (AvgIpc) is 1.66. The summed E-state index contributed by atoms with van der Waals surface area (Å²) in [7, 11) is 1.75. The minimum atomic E-state index is -1.14. The van der Waals surface area contributed by atoms with Crippen LogP contribution in [0.4, 0.5) is 29.8 Å². The molecule has 3 aliphatic heterocycles. The van der Waals surface area contributed by atoms with E-state index in [9.17, 15) is 29.7 Å². The number of benzene rings is 3. The third kappa shape index (κ3) is 21.5. The number of aliphatic hydroxyl groups is 3. The number of nitrogens with one attached hydrogen (secondary N) is 6. The fraction of sp³-hybridized carbons (Fsp3) is 0.386. The lowest BCUT2D eigenvalue weighted by molar-refractivity contribution is -0.0334. The van der Waals surface area contributed by atoms with Crippen LogP contribution in [0.25, 0.3) is 97.8 Å². The molecule has 6 amide bonds. The van der Waals surface area contributed by atoms with Crippen LogP contribution in [0, 0.1) is 0 Å². The lowest BCUT2D eigenvalue weighted by Gasteiger charge is -2.38. The van der Waals surface area contributed by atoms with E-state index in [-0.39, 0.29) is 24.1 Å². The molecule has 9 aromatic heterocycles. The van der Waals surface area contributed by atoms with E-state index >= 15 is 0 Å². The van der Waals surface area contributed by atoms with E-state index in [4.69, 9.17) is 38.9 Å². The van der Waals surface area contributed by atoms with Gasteiger partial charge in [0.25, 0.3) is 0 Å². The number of hydrogen-bond acceptors (Lipinski definition) is 28. The molecule has 0 bridgehead atoms. The minimum absolute atomic E-state index is 0.216. The average molecular weight is 1650 g/mol. The predicted molar refractivity (Wildman–Crippen MR) is 455 cm³/mol. The topological polar surface area (TPSA) is 385 Å². The van der Waals surface area contributed by atoms with Crippen molar-refractivity contribution in [1.82, 2.24) is 90.5 Å². The van der Waals surface area contributed by atoms with Crippen LogP contribution in [0.1, 0.15) is 104 Å². The zero-order valence-corrected chi connectivity index (χ0v) is 69.7. The van der Waals surface area contributed by atoms with E-state index in [0.717, 1.165) is 182 Å². The first-order valence-corrected chi connectivity index (χ1v) is 41.2. The third-order valence-electron chi connectivity index (χ3n) is 19.4. The second-order valence-corrected chi connectivity index (χ2v) is 32.8. The van der Waals surface area contributed by atoms with Gasteiger partial charge >= 0.3 is 18.1 Å². The summed E-state index contributed by atoms with van der Waals surface area (Å²) in [6.07, 6.45) is 15.9. The summed E-state index contributed by atoms with van der Waals surface area (Å²) in [6, 6.07) is 23.4. The van der Waals surface area contributed by atoms with Crippen LogP contribution in [0.3, 0.4) is 0 Å². The number of ether oxygens (including phenoxy) is 4. The van der Waals surface area contributed by atoms with Gasteiger partial charge in [0.05, 0.1) is 80.3 Å². The first-order chi connectivity index (χ1) is 56.2. The predicted octanol–water partition coefficient (Wildman–Crippen LogP) is 12.5. The quantitative estimate of drug-likeness (QED) is 0.0271. The minimum Gasteiger partial charge on any atom is -0.492 e. The Balaban J connectivity index is 0.000000152. The van der Waals surface area contributed by atoms with Gasteiger partial charge < -0.3 is 50.2 Å². The van der Waals surface area contributed by atoms with Gasteiger partial charge in [-0.15, -0.1) is 0 Å². The molecule has 31 nitrogen and oxygen atoms in total. The third-order valence-corrected chi connectivity index (χ3v) is 22.5. The first kappa shape index (κ1) is 84.2. The van der Waals surface area contributed by atoms with Crippen LogP contribution in [-0.2, 0) is 37.6 Å². The SMILES string of the molecule is CCNC(=O)Nc1nc2cc(-c3cnc(C(C)(C)O)nc3)cc(-c3cc(C(C)N4CCOCC4)ccn3)c2s1.CCNC(=O)Nc1nc2cc(-c3cnc(C(C)(C)O)nc3)cc(-c3cc(CN4CC(OC)C4)ccn3)c2s1.CCNC(=O)Nc1nc2cc(-c3cnc(C(C)(C)O)nc3)cc(-c3cc(OCCN4CCOCC4)ccn3)c2s1. The van der Waals surface area contributed by atoms with Gasteiger partial charge in [-0.3, -0.25) is 45.6 Å². The number of rotatable bonds is 24. The van der Waals surface area contributed by atoms with Gasteiger partial charge in [-0.25, -0.2) is 59.2 Å². The largest absolute Gasteiger partial charge is 0.492 e. The Labute approximate surface area is 689 Å². The Morgan fingerprint density at radius 1 is 0.496 bits per heavy atom. The van der Waals surface area contributed by atoms with E-state index in [1.165, 1.54) is 39.6 Å². The smallest absolute Gasteiger partial charge is 0.321 e. The van der Waals surface area contributed by atoms with Crippen molar-refractivity contribution in [2.24, 2.45) is 0 Å². The van der Waals surface area contributed by atoms with Crippen molar-refractivity contribution in [3.8, 4) is 72.9 Å². The Bertz CT molecular complexity index is 5430. The lowest BCUT2D eigenvalue weighted by atomic mass is 10.00. The molecule has 15 rings (SSSR count). The van der Waals surface area contributed by atoms with Gasteiger partial charge in [0.1, 0.15) is 29.2 Å². The van der Waals surface area contributed by atoms with Crippen molar-refractivity contribution in [3.63, 3.8) is 0 Å². The molecule has 612 valence electrons. The van der Waals surface area contributed by atoms with Gasteiger partial charge in [0.2, 0.25) is 0 Å². The molecule has 12 heterocycles. The van der Waals surface area contributed by atoms with Crippen molar-refractivity contribution in [2.45, 2.75) is 105 Å². The molecule has 1 unspecified atom stereocenters. The molecule has 9 N–H and O–H groups in total. The van der Waals surface area contributed by atoms with Gasteiger partial charge in [-0.1, -0.05) is 34.0 Å². The van der Waals surface area contributed by atoms with Gasteiger partial charge in [-0.2, -0.15) is 0 Å². The van der Waals surface area contributed by atoms with Crippen molar-refractivity contribution < 1.29 is 48.7 Å². The molecule has 12 aromatic rings. The number of morpholine rings is 2. The van der Waals surface area contributed by atoms with E-state index < -0.39 is 16.8 Å². The Hall–Kier alpha value is -10.7. The molecule has 1 atom stereocenters. The monoisotopic (exact) mass is 1640 g/mol. The highest BCUT2D eigenvalue weighted by molar-refractivity contribution is 7.23. The van der Waals surface area contributed by atoms with Crippen LogP contribution in [-0.4, -0.2) is 220 Å². The highest BCUT2D eigenvalue weighted by Gasteiger charge is 2.29. The number of amides is 6. The van der Waals surface area contributed by atoms with Crippen molar-refractivity contribution in [3.05, 3.63) is 157 Å². The van der Waals surface area contributed by atoms with E-state index in [1.807, 2.05) is 75.6 Å². The van der Waals surface area contributed by atoms with Crippen LogP contribution in [0.2, 0.25) is 0 Å². The van der Waals surface area contributed by atoms with Crippen LogP contribution in [0.15, 0.2) is 129 Å². The fourth-order valence-electron chi connectivity index (χ4n) is 13.2. The number of thiazole rings is 3. The van der Waals surface area contributed by atoms with E-state index in [0.29, 0.717) is 70.7 Å². The maximum absolute atomic E-state index is 12.2. The number of pyridine rings is 3. The Morgan fingerprint density at radius 2 is 0.880 bits per heavy atom. The molecular weight excluding hydrogens is 1550 g/mol. The highest BCUT2D eigenvalue weighted by Crippen LogP contribution is 2.43. The molecule has 0 spiro atoms. The zero-order chi connectivity index (χ0) is 82.5. The van der Waals surface area contributed by atoms with E-state index in [1.54, 1.807) is 92.0 Å². The number of urea groups is 3. The second kappa shape index (κ2) is 37.7. The normalized spacial score (nSPS) is 14.7. The van der Waals surface area contributed by atoms with Crippen LogP contribution >= 0.6 is 34.0 Å². The molecule has 0 radical (unpaired) electrons. The summed E-state index contributed by atoms with van der Waals surface area (Å²) in [5.41, 5.74) is 11.0. The van der Waals surface area contributed by atoms with E-state index in [2.05, 4.69) is 124 Å². The lowest BCUT2D eigenvalue weighted by Crippen LogP contribution is -2.50. The van der Waals surface area contributed by atoms with Gasteiger partial charge in [-0.05, 0) is 164 Å². The molecule has 3 fully saturated rings. The standard InChI is InChI=1S/C28H33N7O4S.C28H33N7O3S.C27H31N7O3S/c1-4-29-26(36)34-27-33-23-14-18(19-16-31-25(32-17-19)28(2,3)37)13-21(24(23)40-27)22-15-20(5-6-30-22)39-12-9-35-7-10-38-11-8-35;1-5-29-26(36)34-27-33-23-14-19(20-15-31-25(32-16-20)28(3,4)37)12-21(24(23)39-27)22-13-18(6-7-30-22)17(2)35-8-10-38-11-9-35;1-5-28-25(35)33-26-32-22-10-17(18-11-30-24(31-12-18)27(2,3)36)9-20(23(22)38-26)21-8-16(6-7-29-21)13-34-14-19(15-34)37-4/h5-6,13-17,37H,4,7-12H2,1-3H3,(H2,29,33,34,36);6-7,12-17,37H,5,8-11H2,1-4H3,(H2,29,33,34,36);6-12,19,36H,5,13-15H2,1-4H3,(H2,28,32,33,35). The number of carbonyl (C=O) groups excluding carboxylic acids is 3. The summed E-state index contributed by atoms with van der Waals surface area (Å²) in [5.74, 6) is 1.75. The number of hydrogen-bond donors (Lipinski definition) is 9. The molecule has 0 saturated carbocycles. The summed E-state index contributed by atoms with van der Waals surface area (Å²) in [6.45, 7) is 29.9. The zero-order valence-electron chi connectivity index (χ0n) is 67.2. The maximum Gasteiger partial charge on any atom is 0.321 e. The van der Waals surface area contributed by atoms with Crippen LogP contribution < -0.4 is 36.6 Å². The Kier molecular flexibility index (Phi) is 27.1. The molecular formula is C83H97N21O10S3. The van der Waals surface area contributed by atoms with Crippen molar-refractivity contribution in [2.75, 3.05) is 122 Å². The van der Waals surface area contributed by atoms with Crippen molar-refractivity contribution >= 4 is 98.1 Å². The fourth-order valence-corrected chi connectivity index (χ4v) is 16.1. The number of fused-ring (bicyclic) bond motifs is 3. The van der Waals surface area contributed by atoms with Gasteiger partial charge in [0, 0.05) is 180 Å².